The van der Waals surface area contributed by atoms with Crippen molar-refractivity contribution in [2.24, 2.45) is 0 Å². The van der Waals surface area contributed by atoms with Crippen molar-refractivity contribution in [3.05, 3.63) is 182 Å². The lowest BCUT2D eigenvalue weighted by Crippen LogP contribution is -1.99. The van der Waals surface area contributed by atoms with Gasteiger partial charge >= 0.3 is 0 Å². The van der Waals surface area contributed by atoms with Crippen molar-refractivity contribution in [3.8, 4) is 51.0 Å². The van der Waals surface area contributed by atoms with E-state index in [4.69, 9.17) is 15.0 Å². The second-order valence-electron chi connectivity index (χ2n) is 14.4. The first-order valence-corrected chi connectivity index (χ1v) is 20.7. The van der Waals surface area contributed by atoms with Gasteiger partial charge in [-0.15, -0.1) is 22.7 Å². The molecule has 0 spiro atoms. The van der Waals surface area contributed by atoms with Crippen LogP contribution in [0, 0.1) is 0 Å². The molecule has 4 heterocycles. The Morgan fingerprint density at radius 2 is 0.965 bits per heavy atom. The van der Waals surface area contributed by atoms with Gasteiger partial charge in [0.15, 0.2) is 17.5 Å². The standard InChI is InChI=1S/C51H30N4S2/c1-4-13-31(14-5-1)49-52-50(32-15-6-2-7-16-32)54-51(53-49)34-23-25-39-45(30-34)56-44-22-12-20-36(46(39)44)33-24-27-41-40(29-33)47-42(55(41)35-17-8-3-9-18-35)28-26-38-37-19-10-11-21-43(37)57-48(38)47/h1-30H. The monoisotopic (exact) mass is 762 g/mol. The second kappa shape index (κ2) is 12.8. The number of thiophene rings is 2. The molecule has 0 aliphatic rings. The third-order valence-corrected chi connectivity index (χ3v) is 13.4. The summed E-state index contributed by atoms with van der Waals surface area (Å²) < 4.78 is 7.53. The molecule has 12 aromatic rings. The van der Waals surface area contributed by atoms with Crippen LogP contribution in [-0.2, 0) is 0 Å². The van der Waals surface area contributed by atoms with Gasteiger partial charge in [-0.25, -0.2) is 15.0 Å². The molecule has 8 aromatic carbocycles. The zero-order valence-corrected chi connectivity index (χ0v) is 32.1. The topological polar surface area (TPSA) is 43.6 Å². The Morgan fingerprint density at radius 3 is 1.72 bits per heavy atom. The number of aromatic nitrogens is 4. The molecule has 0 saturated carbocycles. The van der Waals surface area contributed by atoms with Crippen LogP contribution < -0.4 is 0 Å². The average Bonchev–Trinajstić information content (AvgIpc) is 3.96. The molecule has 266 valence electrons. The Balaban J connectivity index is 1.05. The first kappa shape index (κ1) is 32.3. The maximum atomic E-state index is 5.02. The number of para-hydroxylation sites is 1. The lowest BCUT2D eigenvalue weighted by atomic mass is 9.97. The summed E-state index contributed by atoms with van der Waals surface area (Å²) in [5.74, 6) is 1.99. The SMILES string of the molecule is c1ccc(-c2nc(-c3ccccc3)nc(-c3ccc4c(c3)sc3cccc(-c5ccc6c(c5)c5c7sc8ccccc8c7ccc5n6-c5ccccc5)c34)n2)cc1. The molecular formula is C51H30N4S2. The van der Waals surface area contributed by atoms with E-state index in [-0.39, 0.29) is 0 Å². The van der Waals surface area contributed by atoms with Gasteiger partial charge in [-0.2, -0.15) is 0 Å². The highest BCUT2D eigenvalue weighted by Crippen LogP contribution is 2.46. The zero-order chi connectivity index (χ0) is 37.5. The molecule has 0 aliphatic carbocycles. The molecule has 0 saturated heterocycles. The van der Waals surface area contributed by atoms with Crippen molar-refractivity contribution in [3.63, 3.8) is 0 Å². The maximum Gasteiger partial charge on any atom is 0.164 e. The minimum absolute atomic E-state index is 0.662. The molecule has 12 rings (SSSR count). The molecule has 57 heavy (non-hydrogen) atoms. The molecule has 4 aromatic heterocycles. The van der Waals surface area contributed by atoms with E-state index >= 15 is 0 Å². The summed E-state index contributed by atoms with van der Waals surface area (Å²) in [7, 11) is 0. The Hall–Kier alpha value is -6.99. The summed E-state index contributed by atoms with van der Waals surface area (Å²) in [5, 5.41) is 7.70. The summed E-state index contributed by atoms with van der Waals surface area (Å²) in [5.41, 5.74) is 8.93. The fourth-order valence-electron chi connectivity index (χ4n) is 8.45. The van der Waals surface area contributed by atoms with Crippen LogP contribution in [0.5, 0.6) is 0 Å². The first-order valence-electron chi connectivity index (χ1n) is 19.0. The van der Waals surface area contributed by atoms with E-state index in [1.54, 1.807) is 0 Å². The molecule has 0 N–H and O–H groups in total. The van der Waals surface area contributed by atoms with Crippen LogP contribution in [0.15, 0.2) is 182 Å². The Kier molecular flexibility index (Phi) is 7.24. The van der Waals surface area contributed by atoms with Gasteiger partial charge in [0.1, 0.15) is 0 Å². The first-order chi connectivity index (χ1) is 28.2. The summed E-state index contributed by atoms with van der Waals surface area (Å²) in [6.45, 7) is 0. The molecule has 0 fully saturated rings. The van der Waals surface area contributed by atoms with Crippen molar-refractivity contribution in [1.29, 1.82) is 0 Å². The van der Waals surface area contributed by atoms with E-state index in [1.165, 1.54) is 73.3 Å². The quantitative estimate of drug-likeness (QED) is 0.175. The van der Waals surface area contributed by atoms with Gasteiger partial charge in [0.05, 0.1) is 11.0 Å². The third kappa shape index (κ3) is 5.15. The molecule has 0 amide bonds. The summed E-state index contributed by atoms with van der Waals surface area (Å²) in [4.78, 5) is 14.9. The number of rotatable bonds is 5. The minimum atomic E-state index is 0.662. The van der Waals surface area contributed by atoms with Crippen molar-refractivity contribution >= 4 is 84.8 Å². The summed E-state index contributed by atoms with van der Waals surface area (Å²) in [6.07, 6.45) is 0. The van der Waals surface area contributed by atoms with Gasteiger partial charge in [-0.05, 0) is 59.7 Å². The highest BCUT2D eigenvalue weighted by molar-refractivity contribution is 7.27. The van der Waals surface area contributed by atoms with E-state index in [0.29, 0.717) is 17.5 Å². The average molecular weight is 763 g/mol. The van der Waals surface area contributed by atoms with E-state index in [2.05, 4.69) is 126 Å². The molecule has 0 aliphatic heterocycles. The molecular weight excluding hydrogens is 733 g/mol. The van der Waals surface area contributed by atoms with Gasteiger partial charge in [-0.1, -0.05) is 133 Å². The van der Waals surface area contributed by atoms with Crippen LogP contribution in [0.2, 0.25) is 0 Å². The van der Waals surface area contributed by atoms with Gasteiger partial charge in [0, 0.05) is 73.5 Å². The van der Waals surface area contributed by atoms with Crippen molar-refractivity contribution in [2.45, 2.75) is 0 Å². The normalized spacial score (nSPS) is 11.9. The Morgan fingerprint density at radius 1 is 0.351 bits per heavy atom. The summed E-state index contributed by atoms with van der Waals surface area (Å²) in [6, 6.07) is 64.9. The smallest absolute Gasteiger partial charge is 0.164 e. The number of hydrogen-bond donors (Lipinski definition) is 0. The zero-order valence-electron chi connectivity index (χ0n) is 30.4. The van der Waals surface area contributed by atoms with E-state index in [1.807, 2.05) is 83.3 Å². The molecule has 0 bridgehead atoms. The van der Waals surface area contributed by atoms with Crippen LogP contribution >= 0.6 is 22.7 Å². The van der Waals surface area contributed by atoms with E-state index in [9.17, 15) is 0 Å². The van der Waals surface area contributed by atoms with Crippen LogP contribution in [0.4, 0.5) is 0 Å². The van der Waals surface area contributed by atoms with E-state index < -0.39 is 0 Å². The molecule has 0 atom stereocenters. The van der Waals surface area contributed by atoms with Crippen molar-refractivity contribution in [2.75, 3.05) is 0 Å². The van der Waals surface area contributed by atoms with Gasteiger partial charge in [-0.3, -0.25) is 0 Å². The van der Waals surface area contributed by atoms with Crippen LogP contribution in [-0.4, -0.2) is 19.5 Å². The number of hydrogen-bond acceptors (Lipinski definition) is 5. The highest BCUT2D eigenvalue weighted by atomic mass is 32.1. The highest BCUT2D eigenvalue weighted by Gasteiger charge is 2.20. The number of fused-ring (bicyclic) bond motifs is 10. The fourth-order valence-corrected chi connectivity index (χ4v) is 10.9. The largest absolute Gasteiger partial charge is 0.309 e. The molecule has 0 radical (unpaired) electrons. The lowest BCUT2D eigenvalue weighted by molar-refractivity contribution is 1.07. The van der Waals surface area contributed by atoms with Crippen molar-refractivity contribution < 1.29 is 0 Å². The summed E-state index contributed by atoms with van der Waals surface area (Å²) >= 11 is 3.71. The third-order valence-electron chi connectivity index (χ3n) is 11.1. The van der Waals surface area contributed by atoms with Gasteiger partial charge in [0.2, 0.25) is 0 Å². The van der Waals surface area contributed by atoms with Gasteiger partial charge in [0.25, 0.3) is 0 Å². The van der Waals surface area contributed by atoms with E-state index in [0.717, 1.165) is 22.4 Å². The fraction of sp³-hybridized carbons (Fsp3) is 0. The molecule has 4 nitrogen and oxygen atoms in total. The minimum Gasteiger partial charge on any atom is -0.309 e. The van der Waals surface area contributed by atoms with Gasteiger partial charge < -0.3 is 4.57 Å². The molecule has 6 heteroatoms. The van der Waals surface area contributed by atoms with Crippen LogP contribution in [0.1, 0.15) is 0 Å². The lowest BCUT2D eigenvalue weighted by Gasteiger charge is -2.09. The van der Waals surface area contributed by atoms with Crippen LogP contribution in [0.3, 0.4) is 0 Å². The Labute approximate surface area is 335 Å². The Bertz CT molecular complexity index is 3450. The second-order valence-corrected chi connectivity index (χ2v) is 16.5. The number of benzene rings is 8. The molecule has 0 unspecified atom stereocenters. The maximum absolute atomic E-state index is 5.02. The predicted molar refractivity (Wildman–Crippen MR) is 242 cm³/mol. The number of nitrogens with zero attached hydrogens (tertiary/aromatic N) is 4. The van der Waals surface area contributed by atoms with Crippen molar-refractivity contribution in [1.82, 2.24) is 19.5 Å². The van der Waals surface area contributed by atoms with Crippen LogP contribution in [0.25, 0.3) is 113 Å². The predicted octanol–water partition coefficient (Wildman–Crippen LogP) is 14.4.